The Morgan fingerprint density at radius 2 is 1.50 bits per heavy atom. The van der Waals surface area contributed by atoms with Crippen LogP contribution in [-0.4, -0.2) is 0 Å². The molecule has 0 saturated carbocycles. The fourth-order valence-corrected chi connectivity index (χ4v) is 2.07. The normalized spacial score (nSPS) is 10.0. The number of rotatable bonds is 3. The van der Waals surface area contributed by atoms with E-state index in [4.69, 9.17) is 0 Å². The second kappa shape index (κ2) is 7.92. The molecule has 98 valence electrons. The quantitative estimate of drug-likeness (QED) is 0.575. The van der Waals surface area contributed by atoms with E-state index in [-0.39, 0.29) is 0 Å². The van der Waals surface area contributed by atoms with E-state index in [1.807, 2.05) is 0 Å². The molecule has 0 aliphatic carbocycles. The highest BCUT2D eigenvalue weighted by atomic mass is 14.0. The van der Waals surface area contributed by atoms with Crippen molar-refractivity contribution in [2.45, 2.75) is 53.4 Å². The minimum atomic E-state index is 1.33. The molecule has 0 heterocycles. The molecular weight excluding hydrogens is 216 g/mol. The van der Waals surface area contributed by atoms with Crippen LogP contribution in [0.25, 0.3) is 10.8 Å². The zero-order valence-corrected chi connectivity index (χ0v) is 12.3. The van der Waals surface area contributed by atoms with Crippen LogP contribution >= 0.6 is 0 Å². The second-order valence-corrected chi connectivity index (χ2v) is 5.01. The van der Waals surface area contributed by atoms with Gasteiger partial charge in [-0.25, -0.2) is 0 Å². The predicted molar refractivity (Wildman–Crippen MR) is 83.2 cm³/mol. The SMILES string of the molecule is CCCCCC.Cc1ccc2c(C)cccc2c1. The van der Waals surface area contributed by atoms with Crippen molar-refractivity contribution >= 4 is 10.8 Å². The maximum Gasteiger partial charge on any atom is -0.0155 e. The molecule has 0 saturated heterocycles. The minimum absolute atomic E-state index is 1.33. The number of unbranched alkanes of at least 4 members (excludes halogenated alkanes) is 3. The van der Waals surface area contributed by atoms with Crippen molar-refractivity contribution in [2.75, 3.05) is 0 Å². The van der Waals surface area contributed by atoms with Crippen LogP contribution in [0.2, 0.25) is 0 Å². The molecule has 0 nitrogen and oxygen atoms in total. The van der Waals surface area contributed by atoms with Crippen molar-refractivity contribution in [3.63, 3.8) is 0 Å². The molecule has 0 heteroatoms. The van der Waals surface area contributed by atoms with Crippen molar-refractivity contribution in [3.8, 4) is 0 Å². The van der Waals surface area contributed by atoms with Crippen molar-refractivity contribution in [1.82, 2.24) is 0 Å². The maximum absolute atomic E-state index is 2.23. The Balaban J connectivity index is 0.000000232. The first-order valence-electron chi connectivity index (χ1n) is 7.15. The van der Waals surface area contributed by atoms with Gasteiger partial charge in [-0.2, -0.15) is 0 Å². The van der Waals surface area contributed by atoms with Crippen molar-refractivity contribution in [3.05, 3.63) is 47.5 Å². The highest BCUT2D eigenvalue weighted by molar-refractivity contribution is 5.86. The summed E-state index contributed by atoms with van der Waals surface area (Å²) in [6.45, 7) is 8.74. The molecule has 0 spiro atoms. The summed E-state index contributed by atoms with van der Waals surface area (Å²) in [5, 5.41) is 2.71. The van der Waals surface area contributed by atoms with E-state index < -0.39 is 0 Å². The summed E-state index contributed by atoms with van der Waals surface area (Å²) < 4.78 is 0. The summed E-state index contributed by atoms with van der Waals surface area (Å²) >= 11 is 0. The molecule has 0 aliphatic rings. The lowest BCUT2D eigenvalue weighted by Gasteiger charge is -2.01. The van der Waals surface area contributed by atoms with Gasteiger partial charge in [-0.05, 0) is 30.2 Å². The number of aryl methyl sites for hydroxylation is 2. The van der Waals surface area contributed by atoms with Crippen LogP contribution in [0.4, 0.5) is 0 Å². The van der Waals surface area contributed by atoms with Crippen molar-refractivity contribution < 1.29 is 0 Å². The minimum Gasteiger partial charge on any atom is -0.0654 e. The molecule has 0 fully saturated rings. The molecule has 2 aromatic rings. The average Bonchev–Trinajstić information content (AvgIpc) is 2.37. The third-order valence-electron chi connectivity index (χ3n) is 3.21. The van der Waals surface area contributed by atoms with Gasteiger partial charge in [0.15, 0.2) is 0 Å². The van der Waals surface area contributed by atoms with Crippen LogP contribution in [-0.2, 0) is 0 Å². The predicted octanol–water partition coefficient (Wildman–Crippen LogP) is 6.04. The molecule has 2 rings (SSSR count). The van der Waals surface area contributed by atoms with Gasteiger partial charge in [0.25, 0.3) is 0 Å². The van der Waals surface area contributed by atoms with Gasteiger partial charge >= 0.3 is 0 Å². The maximum atomic E-state index is 2.23. The van der Waals surface area contributed by atoms with Crippen LogP contribution < -0.4 is 0 Å². The molecule has 2 aromatic carbocycles. The Kier molecular flexibility index (Phi) is 6.49. The number of hydrogen-bond donors (Lipinski definition) is 0. The Labute approximate surface area is 112 Å². The van der Waals surface area contributed by atoms with Gasteiger partial charge in [0.1, 0.15) is 0 Å². The van der Waals surface area contributed by atoms with E-state index in [0.717, 1.165) is 0 Å². The third kappa shape index (κ3) is 4.52. The molecular formula is C18H26. The second-order valence-electron chi connectivity index (χ2n) is 5.01. The Morgan fingerprint density at radius 3 is 2.11 bits per heavy atom. The molecule has 0 atom stereocenters. The van der Waals surface area contributed by atoms with E-state index in [2.05, 4.69) is 64.1 Å². The highest BCUT2D eigenvalue weighted by Crippen LogP contribution is 2.18. The van der Waals surface area contributed by atoms with Gasteiger partial charge in [0.05, 0.1) is 0 Å². The molecule has 0 bridgehead atoms. The lowest BCUT2D eigenvalue weighted by Crippen LogP contribution is -1.78. The van der Waals surface area contributed by atoms with E-state index in [1.165, 1.54) is 47.6 Å². The standard InChI is InChI=1S/C12H12.C6H14/c1-9-6-7-12-10(2)4-3-5-11(12)8-9;1-3-5-6-4-2/h3-8H,1-2H3;3-6H2,1-2H3. The summed E-state index contributed by atoms with van der Waals surface area (Å²) in [4.78, 5) is 0. The van der Waals surface area contributed by atoms with E-state index in [9.17, 15) is 0 Å². The lowest BCUT2D eigenvalue weighted by atomic mass is 10.0. The van der Waals surface area contributed by atoms with Gasteiger partial charge in [-0.15, -0.1) is 0 Å². The number of fused-ring (bicyclic) bond motifs is 1. The molecule has 0 radical (unpaired) electrons. The number of benzene rings is 2. The molecule has 0 N–H and O–H groups in total. The monoisotopic (exact) mass is 242 g/mol. The molecule has 0 aromatic heterocycles. The first-order chi connectivity index (χ1) is 8.69. The smallest absolute Gasteiger partial charge is 0.0155 e. The molecule has 18 heavy (non-hydrogen) atoms. The van der Waals surface area contributed by atoms with E-state index in [0.29, 0.717) is 0 Å². The van der Waals surface area contributed by atoms with E-state index >= 15 is 0 Å². The largest absolute Gasteiger partial charge is 0.0654 e. The zero-order chi connectivity index (χ0) is 13.4. The van der Waals surface area contributed by atoms with Crippen LogP contribution in [0.3, 0.4) is 0 Å². The Morgan fingerprint density at radius 1 is 0.833 bits per heavy atom. The summed E-state index contributed by atoms with van der Waals surface area (Å²) in [5.41, 5.74) is 2.68. The summed E-state index contributed by atoms with van der Waals surface area (Å²) in [6.07, 6.45) is 5.54. The van der Waals surface area contributed by atoms with Gasteiger partial charge in [0.2, 0.25) is 0 Å². The van der Waals surface area contributed by atoms with Gasteiger partial charge in [0, 0.05) is 0 Å². The summed E-state index contributed by atoms with van der Waals surface area (Å²) in [7, 11) is 0. The van der Waals surface area contributed by atoms with Crippen LogP contribution in [0.1, 0.15) is 50.7 Å². The van der Waals surface area contributed by atoms with E-state index in [1.54, 1.807) is 0 Å². The summed E-state index contributed by atoms with van der Waals surface area (Å²) in [6, 6.07) is 13.0. The number of hydrogen-bond acceptors (Lipinski definition) is 0. The summed E-state index contributed by atoms with van der Waals surface area (Å²) in [5.74, 6) is 0. The first kappa shape index (κ1) is 14.8. The van der Waals surface area contributed by atoms with Crippen LogP contribution in [0, 0.1) is 13.8 Å². The van der Waals surface area contributed by atoms with Gasteiger partial charge in [-0.1, -0.05) is 81.5 Å². The lowest BCUT2D eigenvalue weighted by molar-refractivity contribution is 0.702. The Hall–Kier alpha value is -1.30. The third-order valence-corrected chi connectivity index (χ3v) is 3.21. The topological polar surface area (TPSA) is 0 Å². The average molecular weight is 242 g/mol. The molecule has 0 aliphatic heterocycles. The zero-order valence-electron chi connectivity index (χ0n) is 12.3. The van der Waals surface area contributed by atoms with Crippen molar-refractivity contribution in [2.24, 2.45) is 0 Å². The first-order valence-corrected chi connectivity index (χ1v) is 7.15. The fourth-order valence-electron chi connectivity index (χ4n) is 2.07. The van der Waals surface area contributed by atoms with Crippen LogP contribution in [0.15, 0.2) is 36.4 Å². The van der Waals surface area contributed by atoms with Crippen molar-refractivity contribution in [1.29, 1.82) is 0 Å². The van der Waals surface area contributed by atoms with Gasteiger partial charge < -0.3 is 0 Å². The van der Waals surface area contributed by atoms with Gasteiger partial charge in [-0.3, -0.25) is 0 Å². The fraction of sp³-hybridized carbons (Fsp3) is 0.444. The Bertz CT molecular complexity index is 464. The van der Waals surface area contributed by atoms with Crippen LogP contribution in [0.5, 0.6) is 0 Å². The highest BCUT2D eigenvalue weighted by Gasteiger charge is 1.94. The molecule has 0 unspecified atom stereocenters. The molecule has 0 amide bonds.